The molecule has 2 rings (SSSR count). The summed E-state index contributed by atoms with van der Waals surface area (Å²) in [5.74, 6) is 0. The van der Waals surface area contributed by atoms with Crippen molar-refractivity contribution in [3.63, 3.8) is 0 Å². The molecule has 1 saturated heterocycles. The van der Waals surface area contributed by atoms with Gasteiger partial charge in [-0.05, 0) is 6.08 Å². The van der Waals surface area contributed by atoms with Crippen molar-refractivity contribution in [1.29, 1.82) is 0 Å². The van der Waals surface area contributed by atoms with E-state index < -0.39 is 0 Å². The first-order chi connectivity index (χ1) is 4.86. The molecule has 2 nitrogen and oxygen atoms in total. The molecule has 0 amide bonds. The number of rotatable bonds is 0. The molecule has 0 saturated carbocycles. The highest BCUT2D eigenvalue weighted by Crippen LogP contribution is 2.28. The molecule has 1 fully saturated rings. The number of allylic oxidation sites excluding steroid dienone is 1. The van der Waals surface area contributed by atoms with Gasteiger partial charge in [0.2, 0.25) is 0 Å². The Morgan fingerprint density at radius 3 is 3.50 bits per heavy atom. The molecule has 0 radical (unpaired) electrons. The molecular weight excluding hydrogens is 164 g/mol. The van der Waals surface area contributed by atoms with Gasteiger partial charge < -0.3 is 5.32 Å². The molecule has 0 aromatic rings. The minimum absolute atomic E-state index is 0.377. The second kappa shape index (κ2) is 2.36. The zero-order chi connectivity index (χ0) is 6.97. The van der Waals surface area contributed by atoms with Crippen LogP contribution in [-0.4, -0.2) is 23.1 Å². The van der Waals surface area contributed by atoms with Crippen LogP contribution >= 0.6 is 24.0 Å². The minimum atomic E-state index is 0.377. The summed E-state index contributed by atoms with van der Waals surface area (Å²) in [6, 6.07) is 0.377. The number of nitrogens with one attached hydrogen (secondary N) is 1. The first-order valence-electron chi connectivity index (χ1n) is 3.04. The van der Waals surface area contributed by atoms with Crippen LogP contribution in [0, 0.1) is 0 Å². The number of nitrogens with zero attached hydrogens (tertiary/aromatic N) is 1. The zero-order valence-corrected chi connectivity index (χ0v) is 6.84. The summed E-state index contributed by atoms with van der Waals surface area (Å²) < 4.78 is 0.877. The van der Waals surface area contributed by atoms with Crippen LogP contribution in [-0.2, 0) is 0 Å². The fraction of sp³-hybridized carbons (Fsp3) is 0.333. The number of aliphatic imine (C=N–C) groups is 1. The smallest absolute Gasteiger partial charge is 0.138 e. The second-order valence-corrected chi connectivity index (χ2v) is 3.92. The molecule has 0 aliphatic carbocycles. The molecule has 2 aliphatic rings. The molecule has 0 bridgehead atoms. The van der Waals surface area contributed by atoms with Crippen molar-refractivity contribution in [3.8, 4) is 0 Å². The van der Waals surface area contributed by atoms with Crippen molar-refractivity contribution in [2.45, 2.75) is 6.04 Å². The largest absolute Gasteiger partial charge is 0.361 e. The lowest BCUT2D eigenvalue weighted by Gasteiger charge is -2.09. The zero-order valence-electron chi connectivity index (χ0n) is 5.20. The van der Waals surface area contributed by atoms with E-state index >= 15 is 0 Å². The van der Waals surface area contributed by atoms with Crippen molar-refractivity contribution in [2.24, 2.45) is 4.99 Å². The SMILES string of the molecule is S=C1NC2CN=CC=C2S1. The standard InChI is InChI=1S/C6H6N2S2/c9-6-8-4-3-7-2-1-5(4)10-6/h1-2,4H,3H2,(H,8,9). The molecular formula is C6H6N2S2. The van der Waals surface area contributed by atoms with Gasteiger partial charge in [0.1, 0.15) is 4.32 Å². The molecule has 2 heterocycles. The minimum Gasteiger partial charge on any atom is -0.361 e. The van der Waals surface area contributed by atoms with Gasteiger partial charge in [-0.1, -0.05) is 24.0 Å². The van der Waals surface area contributed by atoms with E-state index in [4.69, 9.17) is 12.2 Å². The Morgan fingerprint density at radius 1 is 1.80 bits per heavy atom. The molecule has 1 N–H and O–H groups in total. The predicted molar refractivity (Wildman–Crippen MR) is 48.6 cm³/mol. The van der Waals surface area contributed by atoms with Crippen LogP contribution in [0.3, 0.4) is 0 Å². The Bertz CT molecular complexity index is 232. The molecule has 10 heavy (non-hydrogen) atoms. The second-order valence-electron chi connectivity index (χ2n) is 2.17. The maximum absolute atomic E-state index is 4.99. The molecule has 0 spiro atoms. The molecule has 2 aliphatic heterocycles. The first kappa shape index (κ1) is 6.37. The van der Waals surface area contributed by atoms with Crippen molar-refractivity contribution in [1.82, 2.24) is 5.32 Å². The van der Waals surface area contributed by atoms with E-state index in [2.05, 4.69) is 10.3 Å². The van der Waals surface area contributed by atoms with Crippen LogP contribution in [0.5, 0.6) is 0 Å². The van der Waals surface area contributed by atoms with Gasteiger partial charge >= 0.3 is 0 Å². The molecule has 4 heteroatoms. The third-order valence-corrected chi connectivity index (χ3v) is 2.81. The summed E-state index contributed by atoms with van der Waals surface area (Å²) in [6.07, 6.45) is 3.86. The summed E-state index contributed by atoms with van der Waals surface area (Å²) in [5, 5.41) is 3.17. The maximum atomic E-state index is 4.99. The van der Waals surface area contributed by atoms with Crippen LogP contribution in [0.4, 0.5) is 0 Å². The maximum Gasteiger partial charge on any atom is 0.138 e. The first-order valence-corrected chi connectivity index (χ1v) is 4.27. The Morgan fingerprint density at radius 2 is 2.70 bits per heavy atom. The van der Waals surface area contributed by atoms with Crippen LogP contribution in [0.2, 0.25) is 0 Å². The van der Waals surface area contributed by atoms with E-state index in [1.165, 1.54) is 4.91 Å². The number of thioether (sulfide) groups is 1. The van der Waals surface area contributed by atoms with Crippen molar-refractivity contribution >= 4 is 34.5 Å². The molecule has 0 aromatic carbocycles. The lowest BCUT2D eigenvalue weighted by molar-refractivity contribution is 0.746. The fourth-order valence-corrected chi connectivity index (χ4v) is 2.25. The highest BCUT2D eigenvalue weighted by molar-refractivity contribution is 8.25. The summed E-state index contributed by atoms with van der Waals surface area (Å²) >= 11 is 6.63. The van der Waals surface area contributed by atoms with E-state index in [9.17, 15) is 0 Å². The molecule has 0 aromatic heterocycles. The van der Waals surface area contributed by atoms with Crippen LogP contribution in [0.25, 0.3) is 0 Å². The van der Waals surface area contributed by atoms with Gasteiger partial charge in [0, 0.05) is 11.1 Å². The van der Waals surface area contributed by atoms with Gasteiger partial charge in [0.25, 0.3) is 0 Å². The predicted octanol–water partition coefficient (Wildman–Crippen LogP) is 0.945. The van der Waals surface area contributed by atoms with E-state index in [0.717, 1.165) is 10.9 Å². The average Bonchev–Trinajstić information content (AvgIpc) is 2.27. The summed E-state index contributed by atoms with van der Waals surface area (Å²) in [4.78, 5) is 5.42. The molecule has 1 unspecified atom stereocenters. The van der Waals surface area contributed by atoms with Crippen molar-refractivity contribution < 1.29 is 0 Å². The van der Waals surface area contributed by atoms with Gasteiger partial charge in [-0.15, -0.1) is 0 Å². The number of hydrogen-bond donors (Lipinski definition) is 1. The highest BCUT2D eigenvalue weighted by atomic mass is 32.2. The Hall–Kier alpha value is -0.350. The number of fused-ring (bicyclic) bond motifs is 1. The summed E-state index contributed by atoms with van der Waals surface area (Å²) in [7, 11) is 0. The van der Waals surface area contributed by atoms with E-state index in [1.807, 2.05) is 12.3 Å². The summed E-state index contributed by atoms with van der Waals surface area (Å²) in [6.45, 7) is 0.832. The highest BCUT2D eigenvalue weighted by Gasteiger charge is 2.25. The van der Waals surface area contributed by atoms with Gasteiger partial charge in [-0.2, -0.15) is 0 Å². The Kier molecular flexibility index (Phi) is 1.50. The van der Waals surface area contributed by atoms with Gasteiger partial charge in [0.15, 0.2) is 0 Å². The van der Waals surface area contributed by atoms with Gasteiger partial charge in [-0.25, -0.2) is 0 Å². The monoisotopic (exact) mass is 170 g/mol. The van der Waals surface area contributed by atoms with E-state index in [0.29, 0.717) is 6.04 Å². The molecule has 1 atom stereocenters. The van der Waals surface area contributed by atoms with E-state index in [-0.39, 0.29) is 0 Å². The van der Waals surface area contributed by atoms with Crippen molar-refractivity contribution in [2.75, 3.05) is 6.54 Å². The van der Waals surface area contributed by atoms with E-state index in [1.54, 1.807) is 11.8 Å². The Balaban J connectivity index is 2.26. The summed E-state index contributed by atoms with van der Waals surface area (Å²) in [5.41, 5.74) is 0. The number of hydrogen-bond acceptors (Lipinski definition) is 3. The molecule has 52 valence electrons. The topological polar surface area (TPSA) is 24.4 Å². The fourth-order valence-electron chi connectivity index (χ4n) is 0.999. The lowest BCUT2D eigenvalue weighted by atomic mass is 10.2. The third-order valence-electron chi connectivity index (χ3n) is 1.48. The Labute approximate surface area is 68.8 Å². The van der Waals surface area contributed by atoms with Crippen LogP contribution in [0.15, 0.2) is 16.0 Å². The van der Waals surface area contributed by atoms with Crippen LogP contribution in [0.1, 0.15) is 0 Å². The number of thiocarbonyl (C=S) groups is 1. The normalized spacial score (nSPS) is 29.4. The van der Waals surface area contributed by atoms with Gasteiger partial charge in [-0.3, -0.25) is 4.99 Å². The van der Waals surface area contributed by atoms with Crippen molar-refractivity contribution in [3.05, 3.63) is 11.0 Å². The number of dihydropyridines is 1. The van der Waals surface area contributed by atoms with Gasteiger partial charge in [0.05, 0.1) is 12.6 Å². The van der Waals surface area contributed by atoms with Crippen LogP contribution < -0.4 is 5.32 Å². The quantitative estimate of drug-likeness (QED) is 0.548. The average molecular weight is 170 g/mol. The third kappa shape index (κ3) is 0.973. The lowest BCUT2D eigenvalue weighted by Crippen LogP contribution is -2.29.